The molecule has 2 aromatic rings. The second kappa shape index (κ2) is 7.80. The third-order valence-electron chi connectivity index (χ3n) is 4.85. The van der Waals surface area contributed by atoms with E-state index in [1.807, 2.05) is 11.0 Å². The maximum absolute atomic E-state index is 14.8. The van der Waals surface area contributed by atoms with E-state index in [1.54, 1.807) is 32.9 Å². The van der Waals surface area contributed by atoms with Crippen molar-refractivity contribution in [2.45, 2.75) is 27.2 Å². The molecule has 3 rings (SSSR count). The summed E-state index contributed by atoms with van der Waals surface area (Å²) in [7, 11) is 0. The standard InChI is InChI=1S/C21H23FN4O2/c1-13(12-23)21(28)16-6-8-25(9-7-16)19-5-4-17(11-18(19)22)26-15(3)24-14(2)10-20(26)27/h4-6,10-12H,7-9,23H2,1-3H3/b13-12-. The first-order valence-corrected chi connectivity index (χ1v) is 9.06. The van der Waals surface area contributed by atoms with Gasteiger partial charge in [-0.05, 0) is 44.9 Å². The smallest absolute Gasteiger partial charge is 0.258 e. The van der Waals surface area contributed by atoms with Gasteiger partial charge in [-0.1, -0.05) is 6.08 Å². The van der Waals surface area contributed by atoms with Crippen molar-refractivity contribution in [3.63, 3.8) is 0 Å². The second-order valence-electron chi connectivity index (χ2n) is 6.86. The summed E-state index contributed by atoms with van der Waals surface area (Å²) in [5, 5.41) is 0. The molecule has 0 saturated carbocycles. The third-order valence-corrected chi connectivity index (χ3v) is 4.85. The topological polar surface area (TPSA) is 81.2 Å². The zero-order valence-electron chi connectivity index (χ0n) is 16.2. The van der Waals surface area contributed by atoms with Crippen LogP contribution in [0.3, 0.4) is 0 Å². The first-order valence-electron chi connectivity index (χ1n) is 9.06. The zero-order chi connectivity index (χ0) is 20.4. The van der Waals surface area contributed by atoms with Gasteiger partial charge in [0.25, 0.3) is 5.56 Å². The minimum atomic E-state index is -0.425. The highest BCUT2D eigenvalue weighted by atomic mass is 19.1. The molecule has 0 saturated heterocycles. The van der Waals surface area contributed by atoms with Crippen molar-refractivity contribution in [1.29, 1.82) is 0 Å². The van der Waals surface area contributed by atoms with Gasteiger partial charge in [-0.15, -0.1) is 0 Å². The number of benzene rings is 1. The molecule has 2 N–H and O–H groups in total. The number of carbonyl (C=O) groups is 1. The molecule has 28 heavy (non-hydrogen) atoms. The van der Waals surface area contributed by atoms with Crippen LogP contribution in [0.25, 0.3) is 5.69 Å². The number of halogens is 1. The van der Waals surface area contributed by atoms with Crippen molar-refractivity contribution in [1.82, 2.24) is 9.55 Å². The Labute approximate surface area is 162 Å². The molecule has 1 aliphatic heterocycles. The SMILES string of the molecule is C/C(=C/N)C(=O)C1=CCN(c2ccc(-n3c(C)nc(C)cc3=O)cc2F)CC1. The van der Waals surface area contributed by atoms with E-state index in [-0.39, 0.29) is 11.3 Å². The number of carbonyl (C=O) groups excluding carboxylic acids is 1. The van der Waals surface area contributed by atoms with Crippen molar-refractivity contribution in [3.8, 4) is 5.69 Å². The maximum atomic E-state index is 14.8. The van der Waals surface area contributed by atoms with E-state index in [2.05, 4.69) is 4.98 Å². The molecular weight excluding hydrogens is 359 g/mol. The number of aryl methyl sites for hydroxylation is 2. The van der Waals surface area contributed by atoms with E-state index in [4.69, 9.17) is 5.73 Å². The molecule has 0 bridgehead atoms. The number of ketones is 1. The van der Waals surface area contributed by atoms with Gasteiger partial charge in [-0.3, -0.25) is 14.2 Å². The Balaban J connectivity index is 1.86. The lowest BCUT2D eigenvalue weighted by Crippen LogP contribution is -2.31. The quantitative estimate of drug-likeness (QED) is 0.822. The van der Waals surface area contributed by atoms with Crippen LogP contribution in [0.4, 0.5) is 10.1 Å². The molecular formula is C21H23FN4O2. The molecule has 146 valence electrons. The van der Waals surface area contributed by atoms with Crippen LogP contribution in [0.5, 0.6) is 0 Å². The molecule has 1 aromatic carbocycles. The molecule has 0 aliphatic carbocycles. The number of aromatic nitrogens is 2. The summed E-state index contributed by atoms with van der Waals surface area (Å²) in [5.74, 6) is 0.00909. The zero-order valence-corrected chi connectivity index (χ0v) is 16.2. The molecule has 1 aromatic heterocycles. The molecule has 0 radical (unpaired) electrons. The van der Waals surface area contributed by atoms with Crippen molar-refractivity contribution in [2.75, 3.05) is 18.0 Å². The third kappa shape index (κ3) is 3.74. The van der Waals surface area contributed by atoms with Crippen LogP contribution in [0.15, 0.2) is 52.5 Å². The lowest BCUT2D eigenvalue weighted by molar-refractivity contribution is -0.112. The van der Waals surface area contributed by atoms with E-state index in [1.165, 1.54) is 22.9 Å². The van der Waals surface area contributed by atoms with Gasteiger partial charge in [0.2, 0.25) is 0 Å². The van der Waals surface area contributed by atoms with E-state index < -0.39 is 5.82 Å². The number of Topliss-reactive ketones (excluding diaryl/α,β-unsaturated/α-hetero) is 1. The number of allylic oxidation sites excluding steroid dienone is 1. The van der Waals surface area contributed by atoms with Gasteiger partial charge >= 0.3 is 0 Å². The summed E-state index contributed by atoms with van der Waals surface area (Å²) in [5.41, 5.74) is 7.86. The summed E-state index contributed by atoms with van der Waals surface area (Å²) in [4.78, 5) is 30.6. The van der Waals surface area contributed by atoms with Crippen LogP contribution < -0.4 is 16.2 Å². The number of rotatable bonds is 4. The molecule has 1 aliphatic rings. The summed E-state index contributed by atoms with van der Waals surface area (Å²) >= 11 is 0. The van der Waals surface area contributed by atoms with Crippen molar-refractivity contribution < 1.29 is 9.18 Å². The number of hydrogen-bond acceptors (Lipinski definition) is 5. The van der Waals surface area contributed by atoms with E-state index >= 15 is 0 Å². The van der Waals surface area contributed by atoms with Crippen LogP contribution in [0.2, 0.25) is 0 Å². The van der Waals surface area contributed by atoms with Crippen LogP contribution in [-0.2, 0) is 4.79 Å². The average Bonchev–Trinajstić information content (AvgIpc) is 2.66. The summed E-state index contributed by atoms with van der Waals surface area (Å²) in [6, 6.07) is 6.12. The highest BCUT2D eigenvalue weighted by Crippen LogP contribution is 2.26. The van der Waals surface area contributed by atoms with Crippen molar-refractivity contribution in [3.05, 3.63) is 75.4 Å². The fourth-order valence-electron chi connectivity index (χ4n) is 3.37. The van der Waals surface area contributed by atoms with Crippen molar-refractivity contribution in [2.24, 2.45) is 5.73 Å². The molecule has 0 unspecified atom stereocenters. The lowest BCUT2D eigenvalue weighted by Gasteiger charge is -2.28. The fourth-order valence-corrected chi connectivity index (χ4v) is 3.37. The minimum Gasteiger partial charge on any atom is -0.404 e. The van der Waals surface area contributed by atoms with Gasteiger partial charge in [0, 0.05) is 42.7 Å². The highest BCUT2D eigenvalue weighted by Gasteiger charge is 2.20. The number of nitrogens with two attached hydrogens (primary N) is 1. The fraction of sp³-hybridized carbons (Fsp3) is 0.286. The molecule has 0 fully saturated rings. The Kier molecular flexibility index (Phi) is 5.44. The molecule has 0 spiro atoms. The van der Waals surface area contributed by atoms with Gasteiger partial charge in [0.05, 0.1) is 11.4 Å². The largest absolute Gasteiger partial charge is 0.404 e. The van der Waals surface area contributed by atoms with Crippen LogP contribution >= 0.6 is 0 Å². The van der Waals surface area contributed by atoms with Crippen LogP contribution in [0, 0.1) is 19.7 Å². The van der Waals surface area contributed by atoms with E-state index in [9.17, 15) is 14.0 Å². The number of anilines is 1. The number of nitrogens with zero attached hydrogens (tertiary/aromatic N) is 3. The molecule has 0 atom stereocenters. The van der Waals surface area contributed by atoms with Gasteiger partial charge in [-0.2, -0.15) is 0 Å². The van der Waals surface area contributed by atoms with Gasteiger partial charge < -0.3 is 10.6 Å². The monoisotopic (exact) mass is 382 g/mol. The average molecular weight is 382 g/mol. The van der Waals surface area contributed by atoms with Crippen molar-refractivity contribution >= 4 is 11.5 Å². The predicted octanol–water partition coefficient (Wildman–Crippen LogP) is 2.56. The molecule has 2 heterocycles. The number of hydrogen-bond donors (Lipinski definition) is 1. The Morgan fingerprint density at radius 1 is 1.29 bits per heavy atom. The first kappa shape index (κ1) is 19.5. The molecule has 6 nitrogen and oxygen atoms in total. The van der Waals surface area contributed by atoms with Gasteiger partial charge in [0.15, 0.2) is 5.78 Å². The van der Waals surface area contributed by atoms with E-state index in [0.29, 0.717) is 53.5 Å². The van der Waals surface area contributed by atoms with Crippen LogP contribution in [-0.4, -0.2) is 28.4 Å². The first-order chi connectivity index (χ1) is 13.3. The van der Waals surface area contributed by atoms with Gasteiger partial charge in [0.1, 0.15) is 11.6 Å². The summed E-state index contributed by atoms with van der Waals surface area (Å²) in [6.45, 7) is 6.09. The van der Waals surface area contributed by atoms with Crippen LogP contribution in [0.1, 0.15) is 24.9 Å². The minimum absolute atomic E-state index is 0.0697. The van der Waals surface area contributed by atoms with Gasteiger partial charge in [-0.25, -0.2) is 9.37 Å². The summed E-state index contributed by atoms with van der Waals surface area (Å²) in [6.07, 6.45) is 3.63. The van der Waals surface area contributed by atoms with E-state index in [0.717, 1.165) is 0 Å². The normalized spacial score (nSPS) is 14.8. The Bertz CT molecular complexity index is 1050. The predicted molar refractivity (Wildman–Crippen MR) is 107 cm³/mol. The maximum Gasteiger partial charge on any atom is 0.258 e. The lowest BCUT2D eigenvalue weighted by atomic mass is 9.99. The highest BCUT2D eigenvalue weighted by molar-refractivity contribution is 6.07. The Morgan fingerprint density at radius 3 is 2.61 bits per heavy atom. The molecule has 7 heteroatoms. The molecule has 0 amide bonds. The Hall–Kier alpha value is -3.22. The Morgan fingerprint density at radius 2 is 2.04 bits per heavy atom. The summed E-state index contributed by atoms with van der Waals surface area (Å²) < 4.78 is 16.2. The second-order valence-corrected chi connectivity index (χ2v) is 6.86.